The summed E-state index contributed by atoms with van der Waals surface area (Å²) in [5, 5.41) is 11.9. The minimum absolute atomic E-state index is 0.898. The van der Waals surface area contributed by atoms with E-state index in [0.29, 0.717) is 0 Å². The van der Waals surface area contributed by atoms with Crippen LogP contribution in [0.3, 0.4) is 0 Å². The second kappa shape index (κ2) is 13.0. The van der Waals surface area contributed by atoms with Gasteiger partial charge in [-0.2, -0.15) is 0 Å². The fourth-order valence-electron chi connectivity index (χ4n) is 10.6. The average Bonchev–Trinajstić information content (AvgIpc) is 3.99. The highest BCUT2D eigenvalue weighted by Crippen LogP contribution is 2.42. The molecular weight excluding hydrogens is 767 g/mol. The molecule has 0 bridgehead atoms. The van der Waals surface area contributed by atoms with Gasteiger partial charge in [0.25, 0.3) is 0 Å². The summed E-state index contributed by atoms with van der Waals surface area (Å²) in [6.07, 6.45) is 3.62. The predicted molar refractivity (Wildman–Crippen MR) is 263 cm³/mol. The Labute approximate surface area is 360 Å². The lowest BCUT2D eigenvalue weighted by molar-refractivity contribution is 1.15. The summed E-state index contributed by atoms with van der Waals surface area (Å²) >= 11 is 0. The molecule has 0 N–H and O–H groups in total. The van der Waals surface area contributed by atoms with Crippen LogP contribution < -0.4 is 0 Å². The summed E-state index contributed by atoms with van der Waals surface area (Å²) in [6, 6.07) is 73.1. The van der Waals surface area contributed by atoms with Gasteiger partial charge in [0.05, 0.1) is 44.1 Å². The summed E-state index contributed by atoms with van der Waals surface area (Å²) in [6.45, 7) is 0. The molecule has 292 valence electrons. The zero-order chi connectivity index (χ0) is 41.2. The van der Waals surface area contributed by atoms with Crippen molar-refractivity contribution < 1.29 is 0 Å². The van der Waals surface area contributed by atoms with Crippen LogP contribution in [0, 0.1) is 0 Å². The molecule has 0 radical (unpaired) electrons. The average molecular weight is 802 g/mol. The lowest BCUT2D eigenvalue weighted by atomic mass is 9.95. The van der Waals surface area contributed by atoms with Crippen LogP contribution in [0.15, 0.2) is 213 Å². The second-order valence-corrected chi connectivity index (χ2v) is 16.6. The first-order valence-corrected chi connectivity index (χ1v) is 21.5. The summed E-state index contributed by atoms with van der Waals surface area (Å²) in [4.78, 5) is 9.95. The topological polar surface area (TPSA) is 40.6 Å². The minimum atomic E-state index is 0.898. The molecule has 4 aromatic heterocycles. The summed E-state index contributed by atoms with van der Waals surface area (Å²) in [5.74, 6) is 0. The Balaban J connectivity index is 1.07. The number of aromatic nitrogens is 5. The van der Waals surface area contributed by atoms with Gasteiger partial charge in [-0.25, -0.2) is 0 Å². The summed E-state index contributed by atoms with van der Waals surface area (Å²) in [5.41, 5.74) is 14.5. The molecule has 5 heteroatoms. The van der Waals surface area contributed by atoms with E-state index in [1.807, 2.05) is 6.20 Å². The zero-order valence-electron chi connectivity index (χ0n) is 33.9. The number of para-hydroxylation sites is 4. The van der Waals surface area contributed by atoms with Gasteiger partial charge >= 0.3 is 0 Å². The van der Waals surface area contributed by atoms with E-state index in [1.165, 1.54) is 65.5 Å². The molecule has 0 aliphatic carbocycles. The molecule has 0 fully saturated rings. The molecule has 63 heavy (non-hydrogen) atoms. The van der Waals surface area contributed by atoms with Crippen LogP contribution in [0.25, 0.3) is 126 Å². The second-order valence-electron chi connectivity index (χ2n) is 16.6. The number of rotatable bonds is 4. The Morgan fingerprint density at radius 1 is 0.238 bits per heavy atom. The van der Waals surface area contributed by atoms with Gasteiger partial charge in [0, 0.05) is 72.5 Å². The molecule has 10 aromatic carbocycles. The van der Waals surface area contributed by atoms with Gasteiger partial charge in [-0.1, -0.05) is 127 Å². The molecule has 0 unspecified atom stereocenters. The lowest BCUT2D eigenvalue weighted by Crippen LogP contribution is -1.98. The number of benzene rings is 10. The van der Waals surface area contributed by atoms with Crippen LogP contribution in [-0.2, 0) is 0 Å². The molecule has 0 aliphatic heterocycles. The summed E-state index contributed by atoms with van der Waals surface area (Å²) in [7, 11) is 0. The first-order valence-electron chi connectivity index (χ1n) is 21.5. The van der Waals surface area contributed by atoms with Gasteiger partial charge in [-0.15, -0.1) is 0 Å². The maximum Gasteiger partial charge on any atom is 0.0972 e. The first-order chi connectivity index (χ1) is 31.3. The van der Waals surface area contributed by atoms with Gasteiger partial charge in [-0.05, 0) is 94.7 Å². The Morgan fingerprint density at radius 3 is 1.27 bits per heavy atom. The fourth-order valence-corrected chi connectivity index (χ4v) is 10.6. The highest BCUT2D eigenvalue weighted by atomic mass is 15.0. The maximum absolute atomic E-state index is 5.00. The Morgan fingerprint density at radius 2 is 0.667 bits per heavy atom. The van der Waals surface area contributed by atoms with E-state index in [2.05, 4.69) is 214 Å². The smallest absolute Gasteiger partial charge is 0.0972 e. The number of hydrogen-bond acceptors (Lipinski definition) is 2. The highest BCUT2D eigenvalue weighted by Gasteiger charge is 2.20. The Bertz CT molecular complexity index is 4100. The molecular formula is C58H35N5. The third-order valence-corrected chi connectivity index (χ3v) is 13.3. The Hall–Kier alpha value is -8.54. The van der Waals surface area contributed by atoms with E-state index >= 15 is 0 Å². The molecule has 0 atom stereocenters. The molecule has 0 saturated heterocycles. The van der Waals surface area contributed by atoms with Crippen LogP contribution in [0.1, 0.15) is 0 Å². The van der Waals surface area contributed by atoms with E-state index in [0.717, 1.165) is 60.7 Å². The van der Waals surface area contributed by atoms with Crippen LogP contribution in [0.2, 0.25) is 0 Å². The van der Waals surface area contributed by atoms with Crippen molar-refractivity contribution in [2.75, 3.05) is 0 Å². The van der Waals surface area contributed by atoms with E-state index < -0.39 is 0 Å². The maximum atomic E-state index is 5.00. The van der Waals surface area contributed by atoms with E-state index in [-0.39, 0.29) is 0 Å². The number of fused-ring (bicyclic) bond motifs is 15. The minimum Gasteiger partial charge on any atom is -0.309 e. The van der Waals surface area contributed by atoms with E-state index in [9.17, 15) is 0 Å². The standard InChI is InChI=1S/C58H35N5/c1-2-12-36(13-3-1)37-22-26-47-48(32-37)41-27-23-38(34-50(41)58-57(47)59-30-31-60-58)63-55-29-25-39(61-51-18-8-4-14-42(51)43-15-5-9-19-52(43)61)33-49(55)46-28-24-40(35-56(46)63)62-53-20-10-6-16-44(53)45-17-7-11-21-54(45)62/h1-35H. The van der Waals surface area contributed by atoms with Gasteiger partial charge < -0.3 is 13.7 Å². The van der Waals surface area contributed by atoms with Crippen molar-refractivity contribution in [1.82, 2.24) is 23.7 Å². The quantitative estimate of drug-likeness (QED) is 0.166. The van der Waals surface area contributed by atoms with Crippen molar-refractivity contribution in [2.45, 2.75) is 0 Å². The van der Waals surface area contributed by atoms with Crippen molar-refractivity contribution >= 4 is 98.0 Å². The van der Waals surface area contributed by atoms with Crippen LogP contribution in [0.5, 0.6) is 0 Å². The first kappa shape index (κ1) is 34.2. The van der Waals surface area contributed by atoms with Crippen molar-refractivity contribution in [3.8, 4) is 28.2 Å². The van der Waals surface area contributed by atoms with Gasteiger partial charge in [0.2, 0.25) is 0 Å². The molecule has 0 spiro atoms. The third-order valence-electron chi connectivity index (χ3n) is 13.3. The largest absolute Gasteiger partial charge is 0.309 e. The Kier molecular flexibility index (Phi) is 7.05. The monoisotopic (exact) mass is 801 g/mol. The highest BCUT2D eigenvalue weighted by molar-refractivity contribution is 6.24. The van der Waals surface area contributed by atoms with Crippen molar-refractivity contribution in [3.63, 3.8) is 0 Å². The third kappa shape index (κ3) is 4.87. The predicted octanol–water partition coefficient (Wildman–Crippen LogP) is 14.9. The molecule has 5 nitrogen and oxygen atoms in total. The van der Waals surface area contributed by atoms with Crippen LogP contribution >= 0.6 is 0 Å². The summed E-state index contributed by atoms with van der Waals surface area (Å²) < 4.78 is 7.27. The van der Waals surface area contributed by atoms with Gasteiger partial charge in [0.15, 0.2) is 0 Å². The van der Waals surface area contributed by atoms with Crippen LogP contribution in [-0.4, -0.2) is 23.7 Å². The number of nitrogens with zero attached hydrogens (tertiary/aromatic N) is 5. The SMILES string of the molecule is c1ccc(-c2ccc3c(c2)c2ccc(-n4c5ccc(-n6c7ccccc7c7ccccc76)cc5c5ccc(-n6c7ccccc7c7ccccc76)cc54)cc2c2nccnc32)cc1. The van der Waals surface area contributed by atoms with E-state index in [4.69, 9.17) is 9.97 Å². The molecule has 0 amide bonds. The normalized spacial score (nSPS) is 12.1. The van der Waals surface area contributed by atoms with Gasteiger partial charge in [-0.3, -0.25) is 9.97 Å². The zero-order valence-corrected chi connectivity index (χ0v) is 33.9. The van der Waals surface area contributed by atoms with Crippen molar-refractivity contribution in [3.05, 3.63) is 213 Å². The molecule has 4 heterocycles. The molecule has 0 saturated carbocycles. The van der Waals surface area contributed by atoms with Gasteiger partial charge in [0.1, 0.15) is 0 Å². The molecule has 14 rings (SSSR count). The van der Waals surface area contributed by atoms with Crippen molar-refractivity contribution in [2.24, 2.45) is 0 Å². The molecule has 0 aliphatic rings. The lowest BCUT2D eigenvalue weighted by Gasteiger charge is -2.14. The fraction of sp³-hybridized carbons (Fsp3) is 0. The number of hydrogen-bond donors (Lipinski definition) is 0. The van der Waals surface area contributed by atoms with Crippen LogP contribution in [0.4, 0.5) is 0 Å². The van der Waals surface area contributed by atoms with E-state index in [1.54, 1.807) is 6.20 Å². The molecule has 14 aromatic rings. The van der Waals surface area contributed by atoms with Crippen molar-refractivity contribution in [1.29, 1.82) is 0 Å².